The Kier molecular flexibility index (Phi) is 6.85. The van der Waals surface area contributed by atoms with Gasteiger partial charge in [-0.2, -0.15) is 0 Å². The molecule has 0 heterocycles. The number of fused-ring (bicyclic) bond motifs is 1. The molecule has 5 nitrogen and oxygen atoms in total. The lowest BCUT2D eigenvalue weighted by Crippen LogP contribution is -2.51. The Bertz CT molecular complexity index is 1030. The summed E-state index contributed by atoms with van der Waals surface area (Å²) in [5.41, 5.74) is 14.7. The van der Waals surface area contributed by atoms with E-state index in [9.17, 15) is 9.59 Å². The van der Waals surface area contributed by atoms with E-state index in [-0.39, 0.29) is 11.8 Å². The normalized spacial score (nSPS) is 13.2. The van der Waals surface area contributed by atoms with Crippen LogP contribution in [0.3, 0.4) is 0 Å². The van der Waals surface area contributed by atoms with Gasteiger partial charge in [-0.05, 0) is 52.3 Å². The first-order valence-corrected chi connectivity index (χ1v) is 10.3. The van der Waals surface area contributed by atoms with Gasteiger partial charge in [0.25, 0.3) is 0 Å². The smallest absolute Gasteiger partial charge is 0.240 e. The number of rotatable bonds is 8. The van der Waals surface area contributed by atoms with Crippen molar-refractivity contribution in [3.63, 3.8) is 0 Å². The summed E-state index contributed by atoms with van der Waals surface area (Å²) in [7, 11) is 0. The molecule has 0 aliphatic rings. The minimum atomic E-state index is -0.745. The average Bonchev–Trinajstić information content (AvgIpc) is 2.73. The first-order chi connectivity index (χ1) is 14.3. The molecule has 0 aliphatic carbocycles. The predicted molar refractivity (Wildman–Crippen MR) is 122 cm³/mol. The van der Waals surface area contributed by atoms with E-state index in [4.69, 9.17) is 11.5 Å². The molecule has 0 bridgehead atoms. The van der Waals surface area contributed by atoms with E-state index >= 15 is 0 Å². The van der Waals surface area contributed by atoms with E-state index < -0.39 is 18.0 Å². The first-order valence-electron chi connectivity index (χ1n) is 10.3. The van der Waals surface area contributed by atoms with Crippen LogP contribution in [0.1, 0.15) is 25.8 Å². The van der Waals surface area contributed by atoms with E-state index in [1.807, 2.05) is 50.2 Å². The van der Waals surface area contributed by atoms with Crippen LogP contribution in [0.5, 0.6) is 0 Å². The van der Waals surface area contributed by atoms with Gasteiger partial charge in [0.05, 0.1) is 6.04 Å². The van der Waals surface area contributed by atoms with Gasteiger partial charge in [-0.1, -0.05) is 74.5 Å². The molecule has 5 N–H and O–H groups in total. The molecule has 0 aromatic heterocycles. The number of carbonyl (C=O) groups excluding carboxylic acids is 2. The summed E-state index contributed by atoms with van der Waals surface area (Å²) < 4.78 is 0. The van der Waals surface area contributed by atoms with E-state index in [0.29, 0.717) is 12.8 Å². The molecule has 0 radical (unpaired) electrons. The van der Waals surface area contributed by atoms with Crippen molar-refractivity contribution >= 4 is 22.6 Å². The number of amides is 2. The third-order valence-electron chi connectivity index (χ3n) is 5.20. The van der Waals surface area contributed by atoms with Crippen molar-refractivity contribution in [2.24, 2.45) is 17.4 Å². The Morgan fingerprint density at radius 3 is 2.17 bits per heavy atom. The summed E-state index contributed by atoms with van der Waals surface area (Å²) in [6.07, 6.45) is 0.880. The molecular weight excluding hydrogens is 374 g/mol. The molecule has 0 saturated carbocycles. The topological polar surface area (TPSA) is 98.2 Å². The molecule has 0 aliphatic heterocycles. The van der Waals surface area contributed by atoms with Crippen LogP contribution >= 0.6 is 0 Å². The van der Waals surface area contributed by atoms with Crippen molar-refractivity contribution in [3.05, 3.63) is 72.3 Å². The highest BCUT2D eigenvalue weighted by atomic mass is 16.2. The van der Waals surface area contributed by atoms with Crippen molar-refractivity contribution in [2.45, 2.75) is 38.8 Å². The zero-order valence-electron chi connectivity index (χ0n) is 17.5. The van der Waals surface area contributed by atoms with Gasteiger partial charge in [-0.3, -0.25) is 9.59 Å². The molecule has 0 fully saturated rings. The number of hydrogen-bond acceptors (Lipinski definition) is 3. The van der Waals surface area contributed by atoms with Crippen LogP contribution in [-0.4, -0.2) is 23.9 Å². The molecule has 30 heavy (non-hydrogen) atoms. The monoisotopic (exact) mass is 403 g/mol. The van der Waals surface area contributed by atoms with E-state index in [1.165, 1.54) is 10.8 Å². The van der Waals surface area contributed by atoms with Gasteiger partial charge in [-0.15, -0.1) is 0 Å². The standard InChI is InChI=1S/C25H29N3O2/c1-16(2)13-23(24(27)29)28-25(30)22(26)14-17-7-9-19(10-8-17)21-12-11-18-5-3-4-6-20(18)15-21/h3-12,15-16,22-23H,13-14,26H2,1-2H3,(H2,27,29)(H,28,30)/t22-,23+/m0/s1. The Morgan fingerprint density at radius 2 is 1.53 bits per heavy atom. The average molecular weight is 404 g/mol. The minimum Gasteiger partial charge on any atom is -0.368 e. The van der Waals surface area contributed by atoms with Gasteiger partial charge < -0.3 is 16.8 Å². The summed E-state index contributed by atoms with van der Waals surface area (Å²) in [6, 6.07) is 21.3. The van der Waals surface area contributed by atoms with Crippen LogP contribution in [0.15, 0.2) is 66.7 Å². The molecule has 3 aromatic carbocycles. The molecule has 3 rings (SSSR count). The maximum absolute atomic E-state index is 12.4. The number of nitrogens with two attached hydrogens (primary N) is 2. The third kappa shape index (κ3) is 5.45. The van der Waals surface area contributed by atoms with Crippen LogP contribution in [0.4, 0.5) is 0 Å². The van der Waals surface area contributed by atoms with Crippen LogP contribution in [0, 0.1) is 5.92 Å². The maximum Gasteiger partial charge on any atom is 0.240 e. The number of primary amides is 1. The Balaban J connectivity index is 1.65. The Morgan fingerprint density at radius 1 is 0.900 bits per heavy atom. The van der Waals surface area contributed by atoms with Crippen molar-refractivity contribution in [1.82, 2.24) is 5.32 Å². The largest absolute Gasteiger partial charge is 0.368 e. The zero-order valence-corrected chi connectivity index (χ0v) is 17.5. The van der Waals surface area contributed by atoms with Gasteiger partial charge in [0, 0.05) is 0 Å². The molecule has 0 spiro atoms. The summed E-state index contributed by atoms with van der Waals surface area (Å²) >= 11 is 0. The van der Waals surface area contributed by atoms with Crippen LogP contribution in [-0.2, 0) is 16.0 Å². The van der Waals surface area contributed by atoms with Gasteiger partial charge in [-0.25, -0.2) is 0 Å². The lowest BCUT2D eigenvalue weighted by Gasteiger charge is -2.20. The molecule has 2 amide bonds. The van der Waals surface area contributed by atoms with Crippen molar-refractivity contribution in [1.29, 1.82) is 0 Å². The highest BCUT2D eigenvalue weighted by Crippen LogP contribution is 2.25. The molecular formula is C25H29N3O2. The Hall–Kier alpha value is -3.18. The highest BCUT2D eigenvalue weighted by Gasteiger charge is 2.22. The first kappa shape index (κ1) is 21.5. The highest BCUT2D eigenvalue weighted by molar-refractivity contribution is 5.89. The lowest BCUT2D eigenvalue weighted by atomic mass is 9.98. The second kappa shape index (κ2) is 9.55. The molecule has 156 valence electrons. The fraction of sp³-hybridized carbons (Fsp3) is 0.280. The third-order valence-corrected chi connectivity index (χ3v) is 5.20. The lowest BCUT2D eigenvalue weighted by molar-refractivity contribution is -0.128. The summed E-state index contributed by atoms with van der Waals surface area (Å²) in [5, 5.41) is 5.09. The van der Waals surface area contributed by atoms with Gasteiger partial charge in [0.15, 0.2) is 0 Å². The second-order valence-corrected chi connectivity index (χ2v) is 8.16. The summed E-state index contributed by atoms with van der Waals surface area (Å²) in [6.45, 7) is 3.94. The molecule has 5 heteroatoms. The summed E-state index contributed by atoms with van der Waals surface area (Å²) in [5.74, 6) is -0.663. The molecule has 0 unspecified atom stereocenters. The number of carbonyl (C=O) groups is 2. The van der Waals surface area contributed by atoms with Crippen molar-refractivity contribution < 1.29 is 9.59 Å². The number of hydrogen-bond donors (Lipinski definition) is 3. The maximum atomic E-state index is 12.4. The second-order valence-electron chi connectivity index (χ2n) is 8.16. The minimum absolute atomic E-state index is 0.238. The Labute approximate surface area is 177 Å². The zero-order chi connectivity index (χ0) is 21.7. The predicted octanol–water partition coefficient (Wildman–Crippen LogP) is 3.39. The number of nitrogens with one attached hydrogen (secondary N) is 1. The van der Waals surface area contributed by atoms with Crippen molar-refractivity contribution in [3.8, 4) is 11.1 Å². The van der Waals surface area contributed by atoms with Crippen LogP contribution in [0.25, 0.3) is 21.9 Å². The van der Waals surface area contributed by atoms with Crippen LogP contribution < -0.4 is 16.8 Å². The fourth-order valence-electron chi connectivity index (χ4n) is 3.55. The van der Waals surface area contributed by atoms with E-state index in [1.54, 1.807) is 0 Å². The summed E-state index contributed by atoms with van der Waals surface area (Å²) in [4.78, 5) is 24.0. The van der Waals surface area contributed by atoms with Gasteiger partial charge >= 0.3 is 0 Å². The van der Waals surface area contributed by atoms with Gasteiger partial charge in [0.2, 0.25) is 11.8 Å². The van der Waals surface area contributed by atoms with E-state index in [2.05, 4.69) is 35.6 Å². The fourth-order valence-corrected chi connectivity index (χ4v) is 3.55. The SMILES string of the molecule is CC(C)C[C@@H](NC(=O)[C@@H](N)Cc1ccc(-c2ccc3ccccc3c2)cc1)C(N)=O. The molecule has 0 saturated heterocycles. The number of benzene rings is 3. The van der Waals surface area contributed by atoms with E-state index in [0.717, 1.165) is 16.7 Å². The quantitative estimate of drug-likeness (QED) is 0.538. The van der Waals surface area contributed by atoms with Crippen LogP contribution in [0.2, 0.25) is 0 Å². The van der Waals surface area contributed by atoms with Gasteiger partial charge in [0.1, 0.15) is 6.04 Å². The molecule has 3 aromatic rings. The molecule has 2 atom stereocenters. The van der Waals surface area contributed by atoms with Crippen molar-refractivity contribution in [2.75, 3.05) is 0 Å².